The molecule has 138 valence electrons. The molecule has 2 aromatic carbocycles. The molecular formula is C21H20N2O4. The summed E-state index contributed by atoms with van der Waals surface area (Å²) in [6, 6.07) is 11.8. The van der Waals surface area contributed by atoms with Gasteiger partial charge in [-0.3, -0.25) is 24.1 Å². The van der Waals surface area contributed by atoms with Crippen molar-refractivity contribution in [2.75, 3.05) is 11.9 Å². The zero-order valence-electron chi connectivity index (χ0n) is 15.2. The molecule has 3 amide bonds. The van der Waals surface area contributed by atoms with Crippen LogP contribution in [0.4, 0.5) is 5.69 Å². The predicted octanol–water partition coefficient (Wildman–Crippen LogP) is 3.21. The van der Waals surface area contributed by atoms with Gasteiger partial charge in [-0.25, -0.2) is 0 Å². The van der Waals surface area contributed by atoms with Crippen molar-refractivity contribution < 1.29 is 19.2 Å². The van der Waals surface area contributed by atoms with Gasteiger partial charge in [0.05, 0.1) is 11.1 Å². The lowest BCUT2D eigenvalue weighted by Crippen LogP contribution is -2.31. The summed E-state index contributed by atoms with van der Waals surface area (Å²) in [5, 5.41) is 2.74. The molecule has 2 aromatic rings. The number of fused-ring (bicyclic) bond motifs is 1. The van der Waals surface area contributed by atoms with Crippen LogP contribution in [0.2, 0.25) is 0 Å². The van der Waals surface area contributed by atoms with Gasteiger partial charge in [-0.05, 0) is 56.7 Å². The lowest BCUT2D eigenvalue weighted by molar-refractivity contribution is -0.116. The number of amides is 3. The molecule has 0 aliphatic carbocycles. The molecule has 0 atom stereocenters. The first-order valence-corrected chi connectivity index (χ1v) is 8.74. The number of Topliss-reactive ketones (excluding diaryl/α,β-unsaturated/α-hetero) is 1. The number of hydrogen-bond donors (Lipinski definition) is 1. The van der Waals surface area contributed by atoms with E-state index in [2.05, 4.69) is 5.32 Å². The molecular weight excluding hydrogens is 344 g/mol. The van der Waals surface area contributed by atoms with Crippen molar-refractivity contribution >= 4 is 29.2 Å². The highest BCUT2D eigenvalue weighted by Gasteiger charge is 2.34. The van der Waals surface area contributed by atoms with Crippen LogP contribution in [0.1, 0.15) is 56.4 Å². The normalized spacial score (nSPS) is 12.9. The monoisotopic (exact) mass is 364 g/mol. The summed E-state index contributed by atoms with van der Waals surface area (Å²) >= 11 is 0. The summed E-state index contributed by atoms with van der Waals surface area (Å²) in [7, 11) is 0. The Morgan fingerprint density at radius 1 is 0.963 bits per heavy atom. The van der Waals surface area contributed by atoms with E-state index in [4.69, 9.17) is 0 Å². The smallest absolute Gasteiger partial charge is 0.261 e. The average molecular weight is 364 g/mol. The number of ketones is 1. The number of hydrogen-bond acceptors (Lipinski definition) is 4. The molecule has 0 radical (unpaired) electrons. The molecule has 27 heavy (non-hydrogen) atoms. The number of imide groups is 1. The van der Waals surface area contributed by atoms with E-state index in [1.165, 1.54) is 11.8 Å². The van der Waals surface area contributed by atoms with E-state index in [9.17, 15) is 19.2 Å². The third-order valence-electron chi connectivity index (χ3n) is 4.49. The van der Waals surface area contributed by atoms with Crippen LogP contribution in [0.25, 0.3) is 0 Å². The summed E-state index contributed by atoms with van der Waals surface area (Å²) in [6.07, 6.45) is 0.558. The number of carbonyl (C=O) groups is 4. The number of nitrogens with zero attached hydrogens (tertiary/aromatic N) is 1. The first-order valence-electron chi connectivity index (χ1n) is 8.74. The number of anilines is 1. The molecule has 0 unspecified atom stereocenters. The van der Waals surface area contributed by atoms with Gasteiger partial charge in [0.15, 0.2) is 5.78 Å². The van der Waals surface area contributed by atoms with Crippen molar-refractivity contribution in [3.8, 4) is 0 Å². The second kappa shape index (κ2) is 7.53. The van der Waals surface area contributed by atoms with Crippen molar-refractivity contribution in [1.82, 2.24) is 4.90 Å². The maximum absolute atomic E-state index is 12.4. The molecule has 6 nitrogen and oxygen atoms in total. The van der Waals surface area contributed by atoms with Gasteiger partial charge in [-0.15, -0.1) is 0 Å². The van der Waals surface area contributed by atoms with Crippen LogP contribution in [0, 0.1) is 6.92 Å². The lowest BCUT2D eigenvalue weighted by Gasteiger charge is -2.13. The Kier molecular flexibility index (Phi) is 5.16. The number of rotatable bonds is 6. The predicted molar refractivity (Wildman–Crippen MR) is 101 cm³/mol. The second-order valence-corrected chi connectivity index (χ2v) is 6.60. The average Bonchev–Trinajstić information content (AvgIpc) is 2.86. The van der Waals surface area contributed by atoms with Gasteiger partial charge in [-0.2, -0.15) is 0 Å². The van der Waals surface area contributed by atoms with E-state index in [0.717, 1.165) is 5.56 Å². The number of aryl methyl sites for hydroxylation is 1. The number of carbonyl (C=O) groups excluding carboxylic acids is 4. The summed E-state index contributed by atoms with van der Waals surface area (Å²) in [5.74, 6) is -0.865. The van der Waals surface area contributed by atoms with E-state index < -0.39 is 0 Å². The highest BCUT2D eigenvalue weighted by Crippen LogP contribution is 2.24. The molecule has 1 N–H and O–H groups in total. The third kappa shape index (κ3) is 3.95. The Morgan fingerprint density at radius 3 is 2.30 bits per heavy atom. The molecule has 3 rings (SSSR count). The van der Waals surface area contributed by atoms with Gasteiger partial charge in [0.2, 0.25) is 5.91 Å². The highest BCUT2D eigenvalue weighted by atomic mass is 16.2. The Bertz CT molecular complexity index is 932. The van der Waals surface area contributed by atoms with Crippen molar-refractivity contribution in [2.24, 2.45) is 0 Å². The molecule has 1 aliphatic heterocycles. The van der Waals surface area contributed by atoms with Crippen LogP contribution in [0.15, 0.2) is 42.5 Å². The molecule has 1 heterocycles. The largest absolute Gasteiger partial charge is 0.326 e. The van der Waals surface area contributed by atoms with E-state index in [-0.39, 0.29) is 36.5 Å². The van der Waals surface area contributed by atoms with Gasteiger partial charge < -0.3 is 5.32 Å². The Balaban J connectivity index is 1.52. The first kappa shape index (κ1) is 18.5. The van der Waals surface area contributed by atoms with E-state index in [1.807, 2.05) is 6.92 Å². The fraction of sp³-hybridized carbons (Fsp3) is 0.238. The van der Waals surface area contributed by atoms with E-state index in [1.54, 1.807) is 42.5 Å². The molecule has 0 saturated heterocycles. The summed E-state index contributed by atoms with van der Waals surface area (Å²) in [6.45, 7) is 3.55. The first-order chi connectivity index (χ1) is 12.9. The molecule has 0 aromatic heterocycles. The standard InChI is InChI=1S/C21H20N2O4/c1-13-5-10-17-18(12-13)21(27)23(20(17)26)11-3-4-19(25)22-16-8-6-15(7-9-16)14(2)24/h5-10,12H,3-4,11H2,1-2H3,(H,22,25). The van der Waals surface area contributed by atoms with Gasteiger partial charge in [0.1, 0.15) is 0 Å². The zero-order valence-corrected chi connectivity index (χ0v) is 15.2. The topological polar surface area (TPSA) is 83.6 Å². The highest BCUT2D eigenvalue weighted by molar-refractivity contribution is 6.21. The van der Waals surface area contributed by atoms with Crippen molar-refractivity contribution in [2.45, 2.75) is 26.7 Å². The minimum atomic E-state index is -0.310. The van der Waals surface area contributed by atoms with Gasteiger partial charge in [-0.1, -0.05) is 11.6 Å². The molecule has 0 spiro atoms. The van der Waals surface area contributed by atoms with Crippen LogP contribution in [0.5, 0.6) is 0 Å². The molecule has 1 aliphatic rings. The summed E-state index contributed by atoms with van der Waals surface area (Å²) < 4.78 is 0. The van der Waals surface area contributed by atoms with Crippen LogP contribution in [0.3, 0.4) is 0 Å². The number of nitrogens with one attached hydrogen (secondary N) is 1. The molecule has 0 saturated carbocycles. The number of benzene rings is 2. The maximum atomic E-state index is 12.4. The van der Waals surface area contributed by atoms with Crippen molar-refractivity contribution in [3.63, 3.8) is 0 Å². The second-order valence-electron chi connectivity index (χ2n) is 6.60. The Labute approximate surface area is 157 Å². The van der Waals surface area contributed by atoms with Gasteiger partial charge >= 0.3 is 0 Å². The SMILES string of the molecule is CC(=O)c1ccc(NC(=O)CCCN2C(=O)c3ccc(C)cc3C2=O)cc1. The Hall–Kier alpha value is -3.28. The minimum Gasteiger partial charge on any atom is -0.326 e. The minimum absolute atomic E-state index is 0.0379. The molecule has 0 bridgehead atoms. The van der Waals surface area contributed by atoms with Crippen LogP contribution in [-0.4, -0.2) is 34.9 Å². The van der Waals surface area contributed by atoms with Gasteiger partial charge in [0, 0.05) is 24.2 Å². The van der Waals surface area contributed by atoms with Crippen molar-refractivity contribution in [3.05, 3.63) is 64.7 Å². The van der Waals surface area contributed by atoms with Crippen molar-refractivity contribution in [1.29, 1.82) is 0 Å². The van der Waals surface area contributed by atoms with E-state index in [0.29, 0.717) is 28.8 Å². The van der Waals surface area contributed by atoms with Crippen LogP contribution in [-0.2, 0) is 4.79 Å². The summed E-state index contributed by atoms with van der Waals surface area (Å²) in [5.41, 5.74) is 2.94. The molecule has 6 heteroatoms. The fourth-order valence-corrected chi connectivity index (χ4v) is 3.02. The van der Waals surface area contributed by atoms with Gasteiger partial charge in [0.25, 0.3) is 11.8 Å². The maximum Gasteiger partial charge on any atom is 0.261 e. The molecule has 0 fully saturated rings. The van der Waals surface area contributed by atoms with Crippen LogP contribution < -0.4 is 5.32 Å². The quantitative estimate of drug-likeness (QED) is 0.630. The van der Waals surface area contributed by atoms with Crippen LogP contribution >= 0.6 is 0 Å². The third-order valence-corrected chi connectivity index (χ3v) is 4.49. The fourth-order valence-electron chi connectivity index (χ4n) is 3.02. The Morgan fingerprint density at radius 2 is 1.63 bits per heavy atom. The summed E-state index contributed by atoms with van der Waals surface area (Å²) in [4.78, 5) is 49.2. The lowest BCUT2D eigenvalue weighted by atomic mass is 10.1. The zero-order chi connectivity index (χ0) is 19.6. The van der Waals surface area contributed by atoms with E-state index >= 15 is 0 Å².